The number of hydrogen-bond acceptors (Lipinski definition) is 2. The van der Waals surface area contributed by atoms with Crippen LogP contribution in [0.1, 0.15) is 16.5 Å². The van der Waals surface area contributed by atoms with Crippen molar-refractivity contribution in [2.24, 2.45) is 0 Å². The SMILES string of the molecule is CC(I)c1ncncc1F. The Morgan fingerprint density at radius 1 is 1.70 bits per heavy atom. The van der Waals surface area contributed by atoms with Gasteiger partial charge in [0.05, 0.1) is 15.8 Å². The molecule has 0 N–H and O–H groups in total. The molecule has 0 aliphatic rings. The maximum Gasteiger partial charge on any atom is 0.164 e. The Bertz CT molecular complexity index is 227. The lowest BCUT2D eigenvalue weighted by molar-refractivity contribution is 0.594. The predicted molar refractivity (Wildman–Crippen MR) is 44.4 cm³/mol. The number of halogens is 2. The van der Waals surface area contributed by atoms with Gasteiger partial charge in [-0.3, -0.25) is 0 Å². The third-order valence-corrected chi connectivity index (χ3v) is 1.66. The molecule has 0 bridgehead atoms. The molecule has 0 fully saturated rings. The summed E-state index contributed by atoms with van der Waals surface area (Å²) >= 11 is 2.10. The van der Waals surface area contributed by atoms with E-state index < -0.39 is 0 Å². The fourth-order valence-corrected chi connectivity index (χ4v) is 1.07. The van der Waals surface area contributed by atoms with Crippen LogP contribution in [0.5, 0.6) is 0 Å². The monoisotopic (exact) mass is 252 g/mol. The molecule has 2 nitrogen and oxygen atoms in total. The zero-order valence-corrected chi connectivity index (χ0v) is 7.54. The predicted octanol–water partition coefficient (Wildman–Crippen LogP) is 2.11. The number of alkyl halides is 1. The molecule has 1 atom stereocenters. The van der Waals surface area contributed by atoms with Crippen molar-refractivity contribution >= 4 is 22.6 Å². The quantitative estimate of drug-likeness (QED) is 0.565. The van der Waals surface area contributed by atoms with Gasteiger partial charge < -0.3 is 0 Å². The van der Waals surface area contributed by atoms with Crippen LogP contribution in [0.3, 0.4) is 0 Å². The van der Waals surface area contributed by atoms with Crippen LogP contribution in [0.15, 0.2) is 12.5 Å². The van der Waals surface area contributed by atoms with Crippen molar-refractivity contribution < 1.29 is 4.39 Å². The molecule has 4 heteroatoms. The second kappa shape index (κ2) is 3.23. The first-order valence-corrected chi connectivity index (χ1v) is 4.06. The van der Waals surface area contributed by atoms with Crippen molar-refractivity contribution in [1.82, 2.24) is 9.97 Å². The highest BCUT2D eigenvalue weighted by Gasteiger charge is 2.07. The van der Waals surface area contributed by atoms with E-state index in [-0.39, 0.29) is 9.74 Å². The Morgan fingerprint density at radius 2 is 2.40 bits per heavy atom. The normalized spacial score (nSPS) is 13.1. The molecular formula is C6H6FIN2. The average Bonchev–Trinajstić information content (AvgIpc) is 1.88. The van der Waals surface area contributed by atoms with Crippen LogP contribution in [-0.4, -0.2) is 9.97 Å². The lowest BCUT2D eigenvalue weighted by atomic mass is 10.3. The molecule has 1 unspecified atom stereocenters. The topological polar surface area (TPSA) is 25.8 Å². The maximum absolute atomic E-state index is 12.7. The fourth-order valence-electron chi connectivity index (χ4n) is 0.615. The first-order chi connectivity index (χ1) is 4.72. The molecule has 0 saturated heterocycles. The highest BCUT2D eigenvalue weighted by Crippen LogP contribution is 2.21. The van der Waals surface area contributed by atoms with E-state index in [1.807, 2.05) is 6.92 Å². The standard InChI is InChI=1S/C6H6FIN2/c1-4(8)6-5(7)2-9-3-10-6/h2-4H,1H3. The minimum absolute atomic E-state index is 0.0978. The zero-order valence-electron chi connectivity index (χ0n) is 5.38. The molecule has 0 radical (unpaired) electrons. The average molecular weight is 252 g/mol. The van der Waals surface area contributed by atoms with E-state index in [1.54, 1.807) is 0 Å². The molecule has 1 aromatic heterocycles. The van der Waals surface area contributed by atoms with Gasteiger partial charge in [-0.2, -0.15) is 0 Å². The molecule has 10 heavy (non-hydrogen) atoms. The van der Waals surface area contributed by atoms with Crippen molar-refractivity contribution in [3.05, 3.63) is 24.0 Å². The van der Waals surface area contributed by atoms with E-state index >= 15 is 0 Å². The van der Waals surface area contributed by atoms with Crippen molar-refractivity contribution in [2.45, 2.75) is 10.8 Å². The van der Waals surface area contributed by atoms with E-state index in [0.29, 0.717) is 5.69 Å². The van der Waals surface area contributed by atoms with Gasteiger partial charge in [-0.1, -0.05) is 22.6 Å². The summed E-state index contributed by atoms with van der Waals surface area (Å²) in [5.41, 5.74) is 0.468. The highest BCUT2D eigenvalue weighted by molar-refractivity contribution is 14.1. The number of aromatic nitrogens is 2. The summed E-state index contributed by atoms with van der Waals surface area (Å²) in [6.07, 6.45) is 2.53. The molecule has 0 spiro atoms. The van der Waals surface area contributed by atoms with Crippen LogP contribution >= 0.6 is 22.6 Å². The molecule has 0 amide bonds. The molecule has 1 heterocycles. The van der Waals surface area contributed by atoms with Crippen LogP contribution in [0.25, 0.3) is 0 Å². The zero-order chi connectivity index (χ0) is 7.56. The van der Waals surface area contributed by atoms with Crippen molar-refractivity contribution in [3.8, 4) is 0 Å². The summed E-state index contributed by atoms with van der Waals surface area (Å²) in [5, 5.41) is 0. The summed E-state index contributed by atoms with van der Waals surface area (Å²) in [7, 11) is 0. The first kappa shape index (κ1) is 7.84. The van der Waals surface area contributed by atoms with Gasteiger partial charge in [0.1, 0.15) is 6.33 Å². The second-order valence-electron chi connectivity index (χ2n) is 1.87. The third-order valence-electron chi connectivity index (χ3n) is 1.07. The van der Waals surface area contributed by atoms with E-state index in [0.717, 1.165) is 0 Å². The summed E-state index contributed by atoms with van der Waals surface area (Å²) in [6.45, 7) is 1.88. The van der Waals surface area contributed by atoms with Crippen LogP contribution in [0.4, 0.5) is 4.39 Å². The number of hydrogen-bond donors (Lipinski definition) is 0. The number of rotatable bonds is 1. The van der Waals surface area contributed by atoms with Gasteiger partial charge in [-0.05, 0) is 6.92 Å². The van der Waals surface area contributed by atoms with Gasteiger partial charge >= 0.3 is 0 Å². The largest absolute Gasteiger partial charge is 0.242 e. The molecule has 1 aromatic rings. The Kier molecular flexibility index (Phi) is 2.53. The minimum Gasteiger partial charge on any atom is -0.242 e. The van der Waals surface area contributed by atoms with Crippen LogP contribution in [0, 0.1) is 5.82 Å². The smallest absolute Gasteiger partial charge is 0.164 e. The minimum atomic E-state index is -0.329. The van der Waals surface area contributed by atoms with E-state index in [1.165, 1.54) is 12.5 Å². The summed E-state index contributed by atoms with van der Waals surface area (Å²) in [4.78, 5) is 7.32. The molecule has 1 rings (SSSR count). The Labute approximate surface area is 72.0 Å². The second-order valence-corrected chi connectivity index (χ2v) is 3.74. The van der Waals surface area contributed by atoms with Crippen LogP contribution in [-0.2, 0) is 0 Å². The Balaban J connectivity index is 3.03. The summed E-state index contributed by atoms with van der Waals surface area (Å²) < 4.78 is 12.8. The third kappa shape index (κ3) is 1.62. The van der Waals surface area contributed by atoms with Gasteiger partial charge in [0, 0.05) is 0 Å². The summed E-state index contributed by atoms with van der Waals surface area (Å²) in [6, 6.07) is 0. The molecule has 0 aliphatic heterocycles. The van der Waals surface area contributed by atoms with Crippen molar-refractivity contribution in [2.75, 3.05) is 0 Å². The maximum atomic E-state index is 12.7. The molecule has 0 aliphatic carbocycles. The van der Waals surface area contributed by atoms with Gasteiger partial charge in [0.25, 0.3) is 0 Å². The van der Waals surface area contributed by atoms with Crippen molar-refractivity contribution in [1.29, 1.82) is 0 Å². The lowest BCUT2D eigenvalue weighted by Crippen LogP contribution is -1.94. The van der Waals surface area contributed by atoms with Gasteiger partial charge in [0.15, 0.2) is 5.82 Å². The van der Waals surface area contributed by atoms with Gasteiger partial charge in [-0.25, -0.2) is 14.4 Å². The Hall–Kier alpha value is -0.260. The highest BCUT2D eigenvalue weighted by atomic mass is 127. The molecular weight excluding hydrogens is 246 g/mol. The summed E-state index contributed by atoms with van der Waals surface area (Å²) in [5.74, 6) is -0.329. The molecule has 0 saturated carbocycles. The first-order valence-electron chi connectivity index (χ1n) is 2.81. The van der Waals surface area contributed by atoms with Crippen molar-refractivity contribution in [3.63, 3.8) is 0 Å². The molecule has 54 valence electrons. The molecule has 0 aromatic carbocycles. The van der Waals surface area contributed by atoms with Gasteiger partial charge in [-0.15, -0.1) is 0 Å². The Morgan fingerprint density at radius 3 is 2.80 bits per heavy atom. The van der Waals surface area contributed by atoms with Crippen LogP contribution < -0.4 is 0 Å². The van der Waals surface area contributed by atoms with E-state index in [2.05, 4.69) is 32.6 Å². The van der Waals surface area contributed by atoms with Crippen LogP contribution in [0.2, 0.25) is 0 Å². The number of nitrogens with zero attached hydrogens (tertiary/aromatic N) is 2. The lowest BCUT2D eigenvalue weighted by Gasteiger charge is -2.00. The fraction of sp³-hybridized carbons (Fsp3) is 0.333. The van der Waals surface area contributed by atoms with Gasteiger partial charge in [0.2, 0.25) is 0 Å². The van der Waals surface area contributed by atoms with E-state index in [9.17, 15) is 4.39 Å². The van der Waals surface area contributed by atoms with E-state index in [4.69, 9.17) is 0 Å².